The molecule has 0 aliphatic carbocycles. The topological polar surface area (TPSA) is 74.3 Å². The zero-order chi connectivity index (χ0) is 14.5. The molecule has 2 heterocycles. The lowest BCUT2D eigenvalue weighted by atomic mass is 10.1. The second-order valence-electron chi connectivity index (χ2n) is 4.98. The minimum Gasteiger partial charge on any atom is -0.353 e. The number of aromatic nitrogens is 1. The molecular weight excluding hydrogens is 256 g/mol. The van der Waals surface area contributed by atoms with Gasteiger partial charge >= 0.3 is 0 Å². The summed E-state index contributed by atoms with van der Waals surface area (Å²) in [5, 5.41) is 5.61. The van der Waals surface area contributed by atoms with Crippen LogP contribution in [0.1, 0.15) is 20.3 Å². The summed E-state index contributed by atoms with van der Waals surface area (Å²) < 4.78 is 0. The Bertz CT molecular complexity index is 486. The molecule has 108 valence electrons. The molecule has 1 saturated heterocycles. The number of hydrogen-bond acceptors (Lipinski definition) is 4. The first-order chi connectivity index (χ1) is 9.60. The Balaban J connectivity index is 1.99. The van der Waals surface area contributed by atoms with E-state index in [9.17, 15) is 9.59 Å². The van der Waals surface area contributed by atoms with Crippen LogP contribution < -0.4 is 15.5 Å². The fourth-order valence-electron chi connectivity index (χ4n) is 1.93. The number of carbonyl (C=O) groups excluding carboxylic acids is 2. The van der Waals surface area contributed by atoms with Gasteiger partial charge < -0.3 is 15.5 Å². The molecule has 20 heavy (non-hydrogen) atoms. The van der Waals surface area contributed by atoms with Crippen molar-refractivity contribution >= 4 is 23.3 Å². The molecule has 2 rings (SSSR count). The van der Waals surface area contributed by atoms with E-state index in [1.54, 1.807) is 6.20 Å². The first-order valence-electron chi connectivity index (χ1n) is 6.88. The van der Waals surface area contributed by atoms with Gasteiger partial charge in [0.15, 0.2) is 0 Å². The van der Waals surface area contributed by atoms with E-state index in [2.05, 4.69) is 15.6 Å². The molecule has 0 unspecified atom stereocenters. The molecule has 0 spiro atoms. The zero-order valence-electron chi connectivity index (χ0n) is 11.8. The highest BCUT2D eigenvalue weighted by Gasteiger charge is 2.17. The predicted molar refractivity (Wildman–Crippen MR) is 77.5 cm³/mol. The van der Waals surface area contributed by atoms with Crippen LogP contribution in [0.15, 0.2) is 18.3 Å². The molecular formula is C14H20N4O2. The van der Waals surface area contributed by atoms with E-state index in [4.69, 9.17) is 0 Å². The minimum atomic E-state index is -0.0135. The maximum atomic E-state index is 11.8. The first-order valence-corrected chi connectivity index (χ1v) is 6.88. The van der Waals surface area contributed by atoms with Gasteiger partial charge in [-0.25, -0.2) is 4.98 Å². The van der Waals surface area contributed by atoms with Crippen LogP contribution in [0.4, 0.5) is 11.5 Å². The third-order valence-electron chi connectivity index (χ3n) is 3.44. The average molecular weight is 276 g/mol. The summed E-state index contributed by atoms with van der Waals surface area (Å²) in [5.74, 6) is 0.744. The Morgan fingerprint density at radius 2 is 2.35 bits per heavy atom. The number of anilines is 2. The number of rotatable bonds is 4. The van der Waals surface area contributed by atoms with E-state index in [1.165, 1.54) is 0 Å². The quantitative estimate of drug-likeness (QED) is 0.860. The maximum absolute atomic E-state index is 11.8. The molecule has 1 aliphatic rings. The van der Waals surface area contributed by atoms with Crippen molar-refractivity contribution in [3.63, 3.8) is 0 Å². The summed E-state index contributed by atoms with van der Waals surface area (Å²) in [7, 11) is 0. The molecule has 1 fully saturated rings. The summed E-state index contributed by atoms with van der Waals surface area (Å²) in [6, 6.07) is 3.64. The van der Waals surface area contributed by atoms with Gasteiger partial charge in [-0.2, -0.15) is 0 Å². The molecule has 2 amide bonds. The average Bonchev–Trinajstić information content (AvgIpc) is 2.47. The Morgan fingerprint density at radius 3 is 2.95 bits per heavy atom. The molecule has 1 aromatic heterocycles. The molecule has 0 saturated carbocycles. The molecule has 1 aliphatic heterocycles. The van der Waals surface area contributed by atoms with Crippen molar-refractivity contribution in [2.24, 2.45) is 5.92 Å². The fourth-order valence-corrected chi connectivity index (χ4v) is 1.93. The number of nitrogens with zero attached hydrogens (tertiary/aromatic N) is 2. The highest BCUT2D eigenvalue weighted by atomic mass is 16.2. The second-order valence-corrected chi connectivity index (χ2v) is 4.98. The monoisotopic (exact) mass is 276 g/mol. The number of hydrogen-bond donors (Lipinski definition) is 2. The standard InChI is InChI=1S/C14H20N4O2/c1-3-10(2)14(20)17-11-4-5-12(16-8-11)18-7-6-15-13(19)9-18/h4-5,8,10H,3,6-7,9H2,1-2H3,(H,15,19)(H,17,20)/t10-/m1/s1. The number of pyridine rings is 1. The Labute approximate surface area is 118 Å². The van der Waals surface area contributed by atoms with Crippen molar-refractivity contribution in [1.29, 1.82) is 0 Å². The van der Waals surface area contributed by atoms with E-state index in [0.717, 1.165) is 18.8 Å². The molecule has 1 atom stereocenters. The van der Waals surface area contributed by atoms with Crippen molar-refractivity contribution in [1.82, 2.24) is 10.3 Å². The van der Waals surface area contributed by atoms with Crippen LogP contribution in [0.3, 0.4) is 0 Å². The molecule has 1 aromatic rings. The highest BCUT2D eigenvalue weighted by molar-refractivity contribution is 5.92. The van der Waals surface area contributed by atoms with Crippen LogP contribution in [0, 0.1) is 5.92 Å². The Hall–Kier alpha value is -2.11. The molecule has 0 bridgehead atoms. The molecule has 6 heteroatoms. The SMILES string of the molecule is CC[C@@H](C)C(=O)Nc1ccc(N2CCNC(=O)C2)nc1. The fraction of sp³-hybridized carbons (Fsp3) is 0.500. The van der Waals surface area contributed by atoms with Crippen LogP contribution in [-0.2, 0) is 9.59 Å². The van der Waals surface area contributed by atoms with Crippen molar-refractivity contribution in [3.05, 3.63) is 18.3 Å². The lowest BCUT2D eigenvalue weighted by Crippen LogP contribution is -2.48. The van der Waals surface area contributed by atoms with E-state index in [-0.39, 0.29) is 17.7 Å². The lowest BCUT2D eigenvalue weighted by molar-refractivity contribution is -0.120. The number of piperazine rings is 1. The molecule has 6 nitrogen and oxygen atoms in total. The normalized spacial score (nSPS) is 16.5. The molecule has 0 aromatic carbocycles. The second kappa shape index (κ2) is 6.36. The minimum absolute atomic E-state index is 0.000555. The Morgan fingerprint density at radius 1 is 1.55 bits per heavy atom. The van der Waals surface area contributed by atoms with Gasteiger partial charge in [-0.05, 0) is 18.6 Å². The van der Waals surface area contributed by atoms with Crippen molar-refractivity contribution in [2.45, 2.75) is 20.3 Å². The number of carbonyl (C=O) groups is 2. The highest BCUT2D eigenvalue weighted by Crippen LogP contribution is 2.15. The van der Waals surface area contributed by atoms with Gasteiger partial charge in [0.25, 0.3) is 0 Å². The van der Waals surface area contributed by atoms with Crippen LogP contribution in [0.5, 0.6) is 0 Å². The summed E-state index contributed by atoms with van der Waals surface area (Å²) in [4.78, 5) is 29.3. The largest absolute Gasteiger partial charge is 0.353 e. The summed E-state index contributed by atoms with van der Waals surface area (Å²) in [5.41, 5.74) is 0.681. The van der Waals surface area contributed by atoms with E-state index in [1.807, 2.05) is 30.9 Å². The zero-order valence-corrected chi connectivity index (χ0v) is 11.8. The Kier molecular flexibility index (Phi) is 4.55. The van der Waals surface area contributed by atoms with Crippen LogP contribution >= 0.6 is 0 Å². The third kappa shape index (κ3) is 3.46. The van der Waals surface area contributed by atoms with E-state index in [0.29, 0.717) is 18.8 Å². The first kappa shape index (κ1) is 14.3. The van der Waals surface area contributed by atoms with Crippen molar-refractivity contribution < 1.29 is 9.59 Å². The molecule has 0 radical (unpaired) electrons. The summed E-state index contributed by atoms with van der Waals surface area (Å²) in [6.45, 7) is 5.58. The molecule has 2 N–H and O–H groups in total. The van der Waals surface area contributed by atoms with Gasteiger partial charge in [-0.1, -0.05) is 13.8 Å². The predicted octanol–water partition coefficient (Wildman–Crippen LogP) is 1.00. The van der Waals surface area contributed by atoms with Gasteiger partial charge in [-0.3, -0.25) is 9.59 Å². The summed E-state index contributed by atoms with van der Waals surface area (Å²) in [6.07, 6.45) is 2.43. The van der Waals surface area contributed by atoms with Gasteiger partial charge in [0, 0.05) is 19.0 Å². The van der Waals surface area contributed by atoms with Crippen LogP contribution in [0.25, 0.3) is 0 Å². The van der Waals surface area contributed by atoms with Crippen LogP contribution in [0.2, 0.25) is 0 Å². The number of nitrogens with one attached hydrogen (secondary N) is 2. The van der Waals surface area contributed by atoms with Gasteiger partial charge in [-0.15, -0.1) is 0 Å². The van der Waals surface area contributed by atoms with Crippen molar-refractivity contribution in [3.8, 4) is 0 Å². The van der Waals surface area contributed by atoms with Gasteiger partial charge in [0.1, 0.15) is 5.82 Å². The lowest BCUT2D eigenvalue weighted by Gasteiger charge is -2.27. The van der Waals surface area contributed by atoms with Gasteiger partial charge in [0.05, 0.1) is 18.4 Å². The van der Waals surface area contributed by atoms with Crippen molar-refractivity contribution in [2.75, 3.05) is 29.9 Å². The smallest absolute Gasteiger partial charge is 0.239 e. The van der Waals surface area contributed by atoms with Gasteiger partial charge in [0.2, 0.25) is 11.8 Å². The van der Waals surface area contributed by atoms with Crippen LogP contribution in [-0.4, -0.2) is 36.4 Å². The third-order valence-corrected chi connectivity index (χ3v) is 3.44. The van der Waals surface area contributed by atoms with E-state index < -0.39 is 0 Å². The van der Waals surface area contributed by atoms with E-state index >= 15 is 0 Å². The summed E-state index contributed by atoms with van der Waals surface area (Å²) >= 11 is 0. The number of amides is 2. The maximum Gasteiger partial charge on any atom is 0.239 e.